The molecule has 0 amide bonds. The van der Waals surface area contributed by atoms with Gasteiger partial charge in [0.05, 0.1) is 18.8 Å². The Morgan fingerprint density at radius 3 is 2.46 bits per heavy atom. The van der Waals surface area contributed by atoms with Gasteiger partial charge in [0.2, 0.25) is 0 Å². The Morgan fingerprint density at radius 1 is 1.08 bits per heavy atom. The third-order valence-corrected chi connectivity index (χ3v) is 3.79. The van der Waals surface area contributed by atoms with Crippen LogP contribution < -0.4 is 0 Å². The summed E-state index contributed by atoms with van der Waals surface area (Å²) in [5, 5.41) is 4.46. The van der Waals surface area contributed by atoms with Crippen LogP contribution in [0.2, 0.25) is 0 Å². The highest BCUT2D eigenvalue weighted by molar-refractivity contribution is 5.88. The molecule has 0 aliphatic heterocycles. The van der Waals surface area contributed by atoms with E-state index >= 15 is 0 Å². The average Bonchev–Trinajstić information content (AvgIpc) is 3.01. The maximum Gasteiger partial charge on any atom is 0.358 e. The molecule has 2 aromatic carbocycles. The minimum atomic E-state index is -0.391. The molecule has 0 spiro atoms. The van der Waals surface area contributed by atoms with Crippen molar-refractivity contribution >= 4 is 5.97 Å². The second-order valence-electron chi connectivity index (χ2n) is 5.64. The van der Waals surface area contributed by atoms with Gasteiger partial charge in [-0.2, -0.15) is 5.10 Å². The topological polar surface area (TPSA) is 44.1 Å². The van der Waals surface area contributed by atoms with Crippen molar-refractivity contribution in [1.82, 2.24) is 9.78 Å². The number of benzene rings is 2. The van der Waals surface area contributed by atoms with Gasteiger partial charge in [0.1, 0.15) is 0 Å². The number of aromatic nitrogens is 2. The quantitative estimate of drug-likeness (QED) is 0.665. The molecule has 0 saturated carbocycles. The van der Waals surface area contributed by atoms with Gasteiger partial charge in [-0.05, 0) is 31.0 Å². The minimum Gasteiger partial charge on any atom is -0.461 e. The predicted octanol–water partition coefficient (Wildman–Crippen LogP) is 4.08. The smallest absolute Gasteiger partial charge is 0.358 e. The lowest BCUT2D eigenvalue weighted by Crippen LogP contribution is -2.08. The summed E-state index contributed by atoms with van der Waals surface area (Å²) < 4.78 is 6.94. The van der Waals surface area contributed by atoms with E-state index in [1.165, 1.54) is 5.56 Å². The Morgan fingerprint density at radius 2 is 1.79 bits per heavy atom. The Bertz CT molecular complexity index is 821. The molecule has 0 aliphatic carbocycles. The van der Waals surface area contributed by atoms with Crippen LogP contribution in [-0.2, 0) is 11.3 Å². The number of hydrogen-bond donors (Lipinski definition) is 0. The number of esters is 1. The molecule has 0 N–H and O–H groups in total. The van der Waals surface area contributed by atoms with E-state index in [4.69, 9.17) is 4.74 Å². The highest BCUT2D eigenvalue weighted by atomic mass is 16.5. The summed E-state index contributed by atoms with van der Waals surface area (Å²) >= 11 is 0. The van der Waals surface area contributed by atoms with Crippen molar-refractivity contribution in [3.05, 3.63) is 77.5 Å². The van der Waals surface area contributed by atoms with Crippen LogP contribution in [0.15, 0.2) is 60.7 Å². The van der Waals surface area contributed by atoms with Crippen LogP contribution in [0.5, 0.6) is 0 Å². The highest BCUT2D eigenvalue weighted by Crippen LogP contribution is 2.22. The first-order valence-electron chi connectivity index (χ1n) is 8.03. The normalized spacial score (nSPS) is 10.6. The van der Waals surface area contributed by atoms with Crippen LogP contribution in [0.25, 0.3) is 11.3 Å². The zero-order chi connectivity index (χ0) is 16.9. The summed E-state index contributed by atoms with van der Waals surface area (Å²) in [6.07, 6.45) is 0. The number of carbonyl (C=O) groups is 1. The summed E-state index contributed by atoms with van der Waals surface area (Å²) in [7, 11) is 0. The number of rotatable bonds is 5. The van der Waals surface area contributed by atoms with E-state index in [2.05, 4.69) is 24.2 Å². The molecule has 4 heteroatoms. The molecule has 122 valence electrons. The largest absolute Gasteiger partial charge is 0.461 e. The van der Waals surface area contributed by atoms with Gasteiger partial charge in [0.25, 0.3) is 0 Å². The zero-order valence-corrected chi connectivity index (χ0v) is 13.9. The van der Waals surface area contributed by atoms with Crippen LogP contribution in [0.1, 0.15) is 28.5 Å². The van der Waals surface area contributed by atoms with Crippen molar-refractivity contribution < 1.29 is 9.53 Å². The fourth-order valence-corrected chi connectivity index (χ4v) is 2.56. The molecule has 0 radical (unpaired) electrons. The van der Waals surface area contributed by atoms with Crippen LogP contribution in [0, 0.1) is 6.92 Å². The molecule has 1 heterocycles. The first-order chi connectivity index (χ1) is 11.7. The second kappa shape index (κ2) is 7.13. The van der Waals surface area contributed by atoms with Crippen molar-refractivity contribution in [3.8, 4) is 11.3 Å². The van der Waals surface area contributed by atoms with Gasteiger partial charge in [-0.25, -0.2) is 4.79 Å². The zero-order valence-electron chi connectivity index (χ0n) is 13.9. The van der Waals surface area contributed by atoms with E-state index in [0.29, 0.717) is 18.8 Å². The van der Waals surface area contributed by atoms with Crippen molar-refractivity contribution in [2.24, 2.45) is 0 Å². The SMILES string of the molecule is CCOC(=O)c1cc(-c2ccc(C)cc2)n(Cc2ccccc2)n1. The first kappa shape index (κ1) is 16.0. The molecule has 0 fully saturated rings. The molecule has 1 aromatic heterocycles. The Balaban J connectivity index is 2.01. The summed E-state index contributed by atoms with van der Waals surface area (Å²) in [5.41, 5.74) is 4.59. The van der Waals surface area contributed by atoms with E-state index in [1.807, 2.05) is 47.1 Å². The van der Waals surface area contributed by atoms with Crippen LogP contribution in [-0.4, -0.2) is 22.4 Å². The van der Waals surface area contributed by atoms with Gasteiger partial charge in [-0.3, -0.25) is 4.68 Å². The van der Waals surface area contributed by atoms with Gasteiger partial charge in [0.15, 0.2) is 5.69 Å². The number of hydrogen-bond acceptors (Lipinski definition) is 3. The molecule has 0 aliphatic rings. The Hall–Kier alpha value is -2.88. The third-order valence-electron chi connectivity index (χ3n) is 3.79. The molecular weight excluding hydrogens is 300 g/mol. The van der Waals surface area contributed by atoms with E-state index in [-0.39, 0.29) is 0 Å². The molecule has 24 heavy (non-hydrogen) atoms. The maximum absolute atomic E-state index is 12.1. The molecule has 3 rings (SSSR count). The van der Waals surface area contributed by atoms with Crippen molar-refractivity contribution in [1.29, 1.82) is 0 Å². The molecule has 0 atom stereocenters. The van der Waals surface area contributed by atoms with Crippen molar-refractivity contribution in [2.75, 3.05) is 6.61 Å². The Labute approximate surface area is 141 Å². The maximum atomic E-state index is 12.1. The average molecular weight is 320 g/mol. The molecule has 0 bridgehead atoms. The number of nitrogens with zero attached hydrogens (tertiary/aromatic N) is 2. The van der Waals surface area contributed by atoms with Crippen LogP contribution in [0.3, 0.4) is 0 Å². The highest BCUT2D eigenvalue weighted by Gasteiger charge is 2.16. The monoisotopic (exact) mass is 320 g/mol. The Kier molecular flexibility index (Phi) is 4.75. The lowest BCUT2D eigenvalue weighted by molar-refractivity contribution is 0.0518. The molecular formula is C20H20N2O2. The van der Waals surface area contributed by atoms with E-state index in [1.54, 1.807) is 13.0 Å². The molecule has 0 saturated heterocycles. The van der Waals surface area contributed by atoms with E-state index < -0.39 is 5.97 Å². The fraction of sp³-hybridized carbons (Fsp3) is 0.200. The standard InChI is InChI=1S/C20H20N2O2/c1-3-24-20(23)18-13-19(17-11-9-15(2)10-12-17)22(21-18)14-16-7-5-4-6-8-16/h4-13H,3,14H2,1-2H3. The van der Waals surface area contributed by atoms with Gasteiger partial charge in [0, 0.05) is 0 Å². The minimum absolute atomic E-state index is 0.336. The second-order valence-corrected chi connectivity index (χ2v) is 5.64. The number of carbonyl (C=O) groups excluding carboxylic acids is 1. The van der Waals surface area contributed by atoms with E-state index in [9.17, 15) is 4.79 Å². The van der Waals surface area contributed by atoms with Gasteiger partial charge in [-0.1, -0.05) is 60.2 Å². The number of ether oxygens (including phenoxy) is 1. The van der Waals surface area contributed by atoms with Crippen LogP contribution in [0.4, 0.5) is 0 Å². The van der Waals surface area contributed by atoms with Crippen molar-refractivity contribution in [2.45, 2.75) is 20.4 Å². The summed E-state index contributed by atoms with van der Waals surface area (Å²) in [4.78, 5) is 12.1. The predicted molar refractivity (Wildman–Crippen MR) is 93.9 cm³/mol. The summed E-state index contributed by atoms with van der Waals surface area (Å²) in [6.45, 7) is 4.78. The fourth-order valence-electron chi connectivity index (χ4n) is 2.56. The molecule has 4 nitrogen and oxygen atoms in total. The van der Waals surface area contributed by atoms with E-state index in [0.717, 1.165) is 16.8 Å². The van der Waals surface area contributed by atoms with Crippen molar-refractivity contribution in [3.63, 3.8) is 0 Å². The van der Waals surface area contributed by atoms with Crippen LogP contribution >= 0.6 is 0 Å². The van der Waals surface area contributed by atoms with Gasteiger partial charge in [-0.15, -0.1) is 0 Å². The lowest BCUT2D eigenvalue weighted by atomic mass is 10.1. The third kappa shape index (κ3) is 3.54. The molecule has 3 aromatic rings. The molecule has 0 unspecified atom stereocenters. The van der Waals surface area contributed by atoms with Gasteiger partial charge < -0.3 is 4.74 Å². The first-order valence-corrected chi connectivity index (χ1v) is 8.03. The number of aryl methyl sites for hydroxylation is 1. The summed E-state index contributed by atoms with van der Waals surface area (Å²) in [6, 6.07) is 20.1. The van der Waals surface area contributed by atoms with Gasteiger partial charge >= 0.3 is 5.97 Å². The summed E-state index contributed by atoms with van der Waals surface area (Å²) in [5.74, 6) is -0.391. The lowest BCUT2D eigenvalue weighted by Gasteiger charge is -2.08.